The van der Waals surface area contributed by atoms with Gasteiger partial charge in [0.15, 0.2) is 5.96 Å². The molecule has 0 unspecified atom stereocenters. The highest BCUT2D eigenvalue weighted by Gasteiger charge is 1.96. The molecule has 0 atom stereocenters. The van der Waals surface area contributed by atoms with Crippen molar-refractivity contribution in [1.82, 2.24) is 0 Å². The maximum Gasteiger partial charge on any atom is 0.193 e. The Morgan fingerprint density at radius 2 is 1.77 bits per heavy atom. The fraction of sp³-hybridized carbons (Fsp3) is 0.188. The van der Waals surface area contributed by atoms with Crippen molar-refractivity contribution >= 4 is 47.4 Å². The van der Waals surface area contributed by atoms with Gasteiger partial charge in [-0.1, -0.05) is 17.7 Å². The third-order valence-electron chi connectivity index (χ3n) is 2.78. The Morgan fingerprint density at radius 3 is 2.41 bits per heavy atom. The van der Waals surface area contributed by atoms with E-state index in [4.69, 9.17) is 5.73 Å². The first-order valence-corrected chi connectivity index (χ1v) is 7.64. The molecule has 0 heterocycles. The summed E-state index contributed by atoms with van der Waals surface area (Å²) in [6.45, 7) is 2.64. The first-order valence-electron chi connectivity index (χ1n) is 6.65. The molecule has 0 aliphatic heterocycles. The van der Waals surface area contributed by atoms with Crippen LogP contribution in [0.1, 0.15) is 5.56 Å². The second-order valence-electron chi connectivity index (χ2n) is 4.56. The Labute approximate surface area is 151 Å². The molecule has 0 saturated carbocycles. The minimum Gasteiger partial charge on any atom is -0.370 e. The number of benzene rings is 2. The first kappa shape index (κ1) is 18.8. The van der Waals surface area contributed by atoms with Crippen LogP contribution in [0.25, 0.3) is 0 Å². The van der Waals surface area contributed by atoms with Crippen molar-refractivity contribution in [3.05, 3.63) is 59.9 Å². The minimum absolute atomic E-state index is 0. The molecular formula is C16H19FIN3S. The van der Waals surface area contributed by atoms with Crippen LogP contribution in [0.15, 0.2) is 58.4 Å². The van der Waals surface area contributed by atoms with Gasteiger partial charge >= 0.3 is 0 Å². The number of anilines is 1. The summed E-state index contributed by atoms with van der Waals surface area (Å²) in [6, 6.07) is 14.4. The predicted octanol–water partition coefficient (Wildman–Crippen LogP) is 4.27. The molecule has 0 aliphatic carbocycles. The standard InChI is InChI=1S/C16H18FN3S.HI/c1-12-2-6-14(7-3-12)20-16(18)19-10-11-21-15-8-4-13(17)5-9-15;/h2-9H,10-11H2,1H3,(H3,18,19,20);1H. The van der Waals surface area contributed by atoms with Crippen LogP contribution in [0.4, 0.5) is 10.1 Å². The number of hydrogen-bond acceptors (Lipinski definition) is 2. The van der Waals surface area contributed by atoms with Crippen molar-refractivity contribution < 1.29 is 4.39 Å². The molecule has 0 aromatic heterocycles. The second kappa shape index (κ2) is 9.68. The van der Waals surface area contributed by atoms with E-state index in [1.807, 2.05) is 31.2 Å². The number of nitrogens with one attached hydrogen (secondary N) is 1. The molecule has 118 valence electrons. The number of thioether (sulfide) groups is 1. The van der Waals surface area contributed by atoms with Crippen LogP contribution in [0, 0.1) is 12.7 Å². The highest BCUT2D eigenvalue weighted by atomic mass is 127. The molecule has 0 fully saturated rings. The molecule has 3 N–H and O–H groups in total. The van der Waals surface area contributed by atoms with Gasteiger partial charge in [-0.05, 0) is 43.3 Å². The lowest BCUT2D eigenvalue weighted by atomic mass is 10.2. The molecule has 6 heteroatoms. The molecule has 0 bridgehead atoms. The second-order valence-corrected chi connectivity index (χ2v) is 5.73. The van der Waals surface area contributed by atoms with Crippen LogP contribution in [0.5, 0.6) is 0 Å². The Bertz CT molecular complexity index is 600. The van der Waals surface area contributed by atoms with E-state index in [2.05, 4.69) is 10.3 Å². The smallest absolute Gasteiger partial charge is 0.193 e. The number of halogens is 2. The third-order valence-corrected chi connectivity index (χ3v) is 3.77. The molecular weight excluding hydrogens is 412 g/mol. The lowest BCUT2D eigenvalue weighted by molar-refractivity contribution is 0.626. The lowest BCUT2D eigenvalue weighted by Crippen LogP contribution is -2.23. The monoisotopic (exact) mass is 431 g/mol. The van der Waals surface area contributed by atoms with E-state index >= 15 is 0 Å². The van der Waals surface area contributed by atoms with Gasteiger partial charge in [0.2, 0.25) is 0 Å². The summed E-state index contributed by atoms with van der Waals surface area (Å²) in [6.07, 6.45) is 0. The Balaban J connectivity index is 0.00000242. The fourth-order valence-electron chi connectivity index (χ4n) is 1.68. The van der Waals surface area contributed by atoms with Gasteiger partial charge in [0.25, 0.3) is 0 Å². The SMILES string of the molecule is Cc1ccc(NC(N)=NCCSc2ccc(F)cc2)cc1.I. The van der Waals surface area contributed by atoms with E-state index in [1.54, 1.807) is 23.9 Å². The quantitative estimate of drug-likeness (QED) is 0.245. The summed E-state index contributed by atoms with van der Waals surface area (Å²) in [5.41, 5.74) is 7.95. The fourth-order valence-corrected chi connectivity index (χ4v) is 2.43. The molecule has 0 radical (unpaired) electrons. The van der Waals surface area contributed by atoms with E-state index in [1.165, 1.54) is 17.7 Å². The molecule has 0 amide bonds. The Kier molecular flexibility index (Phi) is 8.26. The molecule has 0 saturated heterocycles. The predicted molar refractivity (Wildman–Crippen MR) is 104 cm³/mol. The Morgan fingerprint density at radius 1 is 1.14 bits per heavy atom. The zero-order chi connectivity index (χ0) is 15.1. The van der Waals surface area contributed by atoms with E-state index in [-0.39, 0.29) is 29.8 Å². The number of nitrogens with zero attached hydrogens (tertiary/aromatic N) is 1. The summed E-state index contributed by atoms with van der Waals surface area (Å²) in [5, 5.41) is 3.04. The maximum atomic E-state index is 12.8. The van der Waals surface area contributed by atoms with Gasteiger partial charge < -0.3 is 11.1 Å². The number of aryl methyl sites for hydroxylation is 1. The number of aliphatic imine (C=N–C) groups is 1. The van der Waals surface area contributed by atoms with E-state index in [0.29, 0.717) is 12.5 Å². The molecule has 22 heavy (non-hydrogen) atoms. The third kappa shape index (κ3) is 6.65. The molecule has 0 spiro atoms. The van der Waals surface area contributed by atoms with Gasteiger partial charge in [-0.15, -0.1) is 35.7 Å². The van der Waals surface area contributed by atoms with Crippen molar-refractivity contribution in [3.8, 4) is 0 Å². The van der Waals surface area contributed by atoms with Crippen molar-refractivity contribution in [3.63, 3.8) is 0 Å². The van der Waals surface area contributed by atoms with Crippen molar-refractivity contribution in [2.24, 2.45) is 10.7 Å². The zero-order valence-electron chi connectivity index (χ0n) is 12.3. The van der Waals surface area contributed by atoms with Crippen LogP contribution < -0.4 is 11.1 Å². The van der Waals surface area contributed by atoms with Gasteiger partial charge in [0, 0.05) is 16.3 Å². The summed E-state index contributed by atoms with van der Waals surface area (Å²) in [4.78, 5) is 5.29. The molecule has 0 aliphatic rings. The van der Waals surface area contributed by atoms with Crippen molar-refractivity contribution in [1.29, 1.82) is 0 Å². The summed E-state index contributed by atoms with van der Waals surface area (Å²) < 4.78 is 12.8. The van der Waals surface area contributed by atoms with Gasteiger partial charge in [0.1, 0.15) is 5.82 Å². The van der Waals surface area contributed by atoms with E-state index in [0.717, 1.165) is 16.3 Å². The van der Waals surface area contributed by atoms with Crippen molar-refractivity contribution in [2.75, 3.05) is 17.6 Å². The maximum absolute atomic E-state index is 12.8. The van der Waals surface area contributed by atoms with Crippen LogP contribution in [-0.2, 0) is 0 Å². The zero-order valence-corrected chi connectivity index (χ0v) is 15.4. The normalized spacial score (nSPS) is 10.9. The first-order chi connectivity index (χ1) is 10.1. The van der Waals surface area contributed by atoms with Crippen LogP contribution in [-0.4, -0.2) is 18.3 Å². The van der Waals surface area contributed by atoms with Crippen molar-refractivity contribution in [2.45, 2.75) is 11.8 Å². The van der Waals surface area contributed by atoms with Crippen LogP contribution in [0.3, 0.4) is 0 Å². The summed E-state index contributed by atoms with van der Waals surface area (Å²) in [5.74, 6) is 0.976. The number of nitrogens with two attached hydrogens (primary N) is 1. The number of rotatable bonds is 5. The topological polar surface area (TPSA) is 50.4 Å². The van der Waals surface area contributed by atoms with Gasteiger partial charge in [-0.2, -0.15) is 0 Å². The Hall–Kier alpha value is -1.28. The van der Waals surface area contributed by atoms with E-state index in [9.17, 15) is 4.39 Å². The van der Waals surface area contributed by atoms with Crippen LogP contribution >= 0.6 is 35.7 Å². The highest BCUT2D eigenvalue weighted by Crippen LogP contribution is 2.17. The molecule has 3 nitrogen and oxygen atoms in total. The van der Waals surface area contributed by atoms with E-state index < -0.39 is 0 Å². The van der Waals surface area contributed by atoms with Gasteiger partial charge in [0.05, 0.1) is 6.54 Å². The highest BCUT2D eigenvalue weighted by molar-refractivity contribution is 14.0. The molecule has 2 aromatic rings. The van der Waals surface area contributed by atoms with Crippen LogP contribution in [0.2, 0.25) is 0 Å². The summed E-state index contributed by atoms with van der Waals surface area (Å²) >= 11 is 1.62. The average molecular weight is 431 g/mol. The minimum atomic E-state index is -0.219. The molecule has 2 aromatic carbocycles. The van der Waals surface area contributed by atoms with Gasteiger partial charge in [-0.25, -0.2) is 4.39 Å². The number of guanidine groups is 1. The summed E-state index contributed by atoms with van der Waals surface area (Å²) in [7, 11) is 0. The number of hydrogen-bond donors (Lipinski definition) is 2. The molecule has 2 rings (SSSR count). The largest absolute Gasteiger partial charge is 0.370 e. The van der Waals surface area contributed by atoms with Gasteiger partial charge in [-0.3, -0.25) is 4.99 Å². The average Bonchev–Trinajstić information content (AvgIpc) is 2.48. The lowest BCUT2D eigenvalue weighted by Gasteiger charge is -2.06.